The first kappa shape index (κ1) is 21.4. The largest absolute Gasteiger partial charge is 0.301 e. The summed E-state index contributed by atoms with van der Waals surface area (Å²) in [5.41, 5.74) is 7.99. The predicted octanol–water partition coefficient (Wildman–Crippen LogP) is 7.06. The highest BCUT2D eigenvalue weighted by molar-refractivity contribution is 6.30. The fourth-order valence-electron chi connectivity index (χ4n) is 4.52. The van der Waals surface area contributed by atoms with Crippen LogP contribution < -0.4 is 5.62 Å². The van der Waals surface area contributed by atoms with E-state index in [1.54, 1.807) is 0 Å². The van der Waals surface area contributed by atoms with Crippen molar-refractivity contribution in [1.82, 2.24) is 14.0 Å². The van der Waals surface area contributed by atoms with E-state index in [2.05, 4.69) is 70.6 Å². The lowest BCUT2D eigenvalue weighted by atomic mass is 10.1. The van der Waals surface area contributed by atoms with E-state index >= 15 is 0 Å². The SMILES string of the molecule is Cc1cccc(N=c2nc3ccccc3c3n(-c4ccc(Cl)cc4)cc(Cc4ccccc4)n23)c1. The molecule has 35 heavy (non-hydrogen) atoms. The molecule has 0 fully saturated rings. The molecule has 2 heterocycles. The minimum atomic E-state index is 0.656. The third-order valence-corrected chi connectivity index (χ3v) is 6.39. The molecule has 0 N–H and O–H groups in total. The number of imidazole rings is 1. The van der Waals surface area contributed by atoms with Gasteiger partial charge in [0.15, 0.2) is 0 Å². The third kappa shape index (κ3) is 4.13. The second-order valence-electron chi connectivity index (χ2n) is 8.67. The summed E-state index contributed by atoms with van der Waals surface area (Å²) in [4.78, 5) is 10.0. The van der Waals surface area contributed by atoms with Crippen molar-refractivity contribution >= 4 is 33.8 Å². The molecule has 0 aliphatic carbocycles. The summed E-state index contributed by atoms with van der Waals surface area (Å²) in [6.45, 7) is 2.08. The molecule has 0 amide bonds. The smallest absolute Gasteiger partial charge is 0.236 e. The van der Waals surface area contributed by atoms with Crippen LogP contribution >= 0.6 is 11.6 Å². The van der Waals surface area contributed by atoms with Crippen LogP contribution in [0.1, 0.15) is 16.8 Å². The number of hydrogen-bond acceptors (Lipinski definition) is 2. The van der Waals surface area contributed by atoms with Gasteiger partial charge in [-0.15, -0.1) is 0 Å². The van der Waals surface area contributed by atoms with Crippen LogP contribution in [-0.2, 0) is 6.42 Å². The lowest BCUT2D eigenvalue weighted by molar-refractivity contribution is 0.911. The van der Waals surface area contributed by atoms with Crippen molar-refractivity contribution in [3.63, 3.8) is 0 Å². The molecule has 0 bridgehead atoms. The Morgan fingerprint density at radius 1 is 0.829 bits per heavy atom. The van der Waals surface area contributed by atoms with Gasteiger partial charge in [-0.3, -0.25) is 4.40 Å². The molecular weight excluding hydrogens is 452 g/mol. The molecule has 6 aromatic rings. The highest BCUT2D eigenvalue weighted by atomic mass is 35.5. The summed E-state index contributed by atoms with van der Waals surface area (Å²) in [6.07, 6.45) is 2.94. The first-order valence-corrected chi connectivity index (χ1v) is 12.0. The second kappa shape index (κ2) is 8.90. The molecule has 170 valence electrons. The molecule has 4 nitrogen and oxygen atoms in total. The Balaban J connectivity index is 1.73. The van der Waals surface area contributed by atoms with Gasteiger partial charge in [-0.2, -0.15) is 0 Å². The van der Waals surface area contributed by atoms with Crippen molar-refractivity contribution in [3.05, 3.63) is 137 Å². The molecule has 0 saturated heterocycles. The van der Waals surface area contributed by atoms with E-state index in [1.165, 1.54) is 5.56 Å². The second-order valence-corrected chi connectivity index (χ2v) is 9.10. The molecular formula is C30H23ClN4. The zero-order valence-electron chi connectivity index (χ0n) is 19.3. The average molecular weight is 475 g/mol. The molecule has 0 atom stereocenters. The van der Waals surface area contributed by atoms with E-state index in [-0.39, 0.29) is 0 Å². The van der Waals surface area contributed by atoms with E-state index in [9.17, 15) is 0 Å². The Morgan fingerprint density at radius 2 is 1.60 bits per heavy atom. The van der Waals surface area contributed by atoms with Crippen LogP contribution in [0.4, 0.5) is 5.69 Å². The van der Waals surface area contributed by atoms with Gasteiger partial charge in [-0.05, 0) is 66.6 Å². The number of aryl methyl sites for hydroxylation is 1. The number of hydrogen-bond donors (Lipinski definition) is 0. The minimum Gasteiger partial charge on any atom is -0.301 e. The van der Waals surface area contributed by atoms with Crippen molar-refractivity contribution in [2.75, 3.05) is 0 Å². The Hall–Kier alpha value is -4.15. The molecule has 0 aliphatic rings. The van der Waals surface area contributed by atoms with Gasteiger partial charge in [0.25, 0.3) is 0 Å². The van der Waals surface area contributed by atoms with E-state index in [1.807, 2.05) is 54.6 Å². The van der Waals surface area contributed by atoms with Gasteiger partial charge in [0, 0.05) is 34.4 Å². The zero-order chi connectivity index (χ0) is 23.8. The normalized spacial score (nSPS) is 12.0. The van der Waals surface area contributed by atoms with Gasteiger partial charge in [0.05, 0.1) is 11.2 Å². The van der Waals surface area contributed by atoms with Crippen LogP contribution in [-0.4, -0.2) is 14.0 Å². The van der Waals surface area contributed by atoms with Crippen LogP contribution in [0.5, 0.6) is 0 Å². The molecule has 6 rings (SSSR count). The predicted molar refractivity (Wildman–Crippen MR) is 143 cm³/mol. The number of nitrogens with zero attached hydrogens (tertiary/aromatic N) is 4. The van der Waals surface area contributed by atoms with Crippen molar-refractivity contribution in [1.29, 1.82) is 0 Å². The Bertz CT molecular complexity index is 1730. The number of benzene rings is 4. The lowest BCUT2D eigenvalue weighted by Gasteiger charge is -2.09. The van der Waals surface area contributed by atoms with Crippen LogP contribution in [0.15, 0.2) is 114 Å². The van der Waals surface area contributed by atoms with Gasteiger partial charge in [0.2, 0.25) is 5.62 Å². The monoisotopic (exact) mass is 474 g/mol. The van der Waals surface area contributed by atoms with Gasteiger partial charge in [-0.1, -0.05) is 66.2 Å². The molecule has 0 radical (unpaired) electrons. The van der Waals surface area contributed by atoms with Gasteiger partial charge in [0.1, 0.15) is 5.65 Å². The molecule has 0 aliphatic heterocycles. The fourth-order valence-corrected chi connectivity index (χ4v) is 4.65. The van der Waals surface area contributed by atoms with Crippen molar-refractivity contribution in [3.8, 4) is 5.69 Å². The molecule has 2 aromatic heterocycles. The molecule has 0 spiro atoms. The number of aromatic nitrogens is 3. The third-order valence-electron chi connectivity index (χ3n) is 6.13. The summed E-state index contributed by atoms with van der Waals surface area (Å²) in [6, 6.07) is 34.9. The highest BCUT2D eigenvalue weighted by Crippen LogP contribution is 2.25. The van der Waals surface area contributed by atoms with E-state index in [0.29, 0.717) is 10.6 Å². The molecule has 0 saturated carbocycles. The minimum absolute atomic E-state index is 0.656. The topological polar surface area (TPSA) is 34.6 Å². The average Bonchev–Trinajstić information content (AvgIpc) is 3.25. The van der Waals surface area contributed by atoms with Crippen LogP contribution in [0.3, 0.4) is 0 Å². The number of halogens is 1. The maximum absolute atomic E-state index is 6.21. The van der Waals surface area contributed by atoms with Crippen molar-refractivity contribution < 1.29 is 0 Å². The summed E-state index contributed by atoms with van der Waals surface area (Å²) < 4.78 is 4.40. The van der Waals surface area contributed by atoms with Gasteiger partial charge >= 0.3 is 0 Å². The Labute approximate surface area is 208 Å². The van der Waals surface area contributed by atoms with Crippen LogP contribution in [0.25, 0.3) is 22.2 Å². The summed E-state index contributed by atoms with van der Waals surface area (Å²) in [5, 5.41) is 1.77. The maximum Gasteiger partial charge on any atom is 0.236 e. The first-order valence-electron chi connectivity index (χ1n) is 11.6. The summed E-state index contributed by atoms with van der Waals surface area (Å²) in [5.74, 6) is 0. The molecule has 4 aromatic carbocycles. The summed E-state index contributed by atoms with van der Waals surface area (Å²) in [7, 11) is 0. The van der Waals surface area contributed by atoms with Crippen LogP contribution in [0.2, 0.25) is 5.02 Å². The van der Waals surface area contributed by atoms with Gasteiger partial charge < -0.3 is 4.57 Å². The molecule has 5 heteroatoms. The molecule has 0 unspecified atom stereocenters. The van der Waals surface area contributed by atoms with E-state index in [4.69, 9.17) is 21.6 Å². The Morgan fingerprint density at radius 3 is 2.40 bits per heavy atom. The quantitative estimate of drug-likeness (QED) is 0.269. The fraction of sp³-hybridized carbons (Fsp3) is 0.0667. The van der Waals surface area contributed by atoms with E-state index < -0.39 is 0 Å². The highest BCUT2D eigenvalue weighted by Gasteiger charge is 2.16. The maximum atomic E-state index is 6.21. The number of para-hydroxylation sites is 1. The number of fused-ring (bicyclic) bond motifs is 3. The Kier molecular flexibility index (Phi) is 5.44. The standard InChI is InChI=1S/C30H23ClN4/c1-21-8-7-11-24(18-21)32-30-33-28-13-6-5-12-27(28)29-34(25-16-14-23(31)15-17-25)20-26(35(29)30)19-22-9-3-2-4-10-22/h2-18,20H,19H2,1H3. The number of rotatable bonds is 4. The van der Waals surface area contributed by atoms with Crippen molar-refractivity contribution in [2.45, 2.75) is 13.3 Å². The summed E-state index contributed by atoms with van der Waals surface area (Å²) >= 11 is 6.21. The lowest BCUT2D eigenvalue weighted by Crippen LogP contribution is -2.20. The zero-order valence-corrected chi connectivity index (χ0v) is 20.0. The van der Waals surface area contributed by atoms with Crippen molar-refractivity contribution in [2.24, 2.45) is 4.99 Å². The van der Waals surface area contributed by atoms with Crippen LogP contribution in [0, 0.1) is 6.92 Å². The van der Waals surface area contributed by atoms with E-state index in [0.717, 1.165) is 45.6 Å². The first-order chi connectivity index (χ1) is 17.2. The van der Waals surface area contributed by atoms with Gasteiger partial charge in [-0.25, -0.2) is 9.98 Å².